The quantitative estimate of drug-likeness (QED) is 0.0364. The van der Waals surface area contributed by atoms with Crippen LogP contribution >= 0.6 is 22.7 Å². The van der Waals surface area contributed by atoms with Crippen molar-refractivity contribution in [1.82, 2.24) is 44.8 Å². The third-order valence-corrected chi connectivity index (χ3v) is 12.6. The average molecular weight is 994 g/mol. The Hall–Kier alpha value is -6.86. The second-order valence-corrected chi connectivity index (χ2v) is 17.8. The van der Waals surface area contributed by atoms with Gasteiger partial charge in [-0.1, -0.05) is 22.7 Å². The van der Waals surface area contributed by atoms with Gasteiger partial charge in [0.05, 0.1) is 106 Å². The van der Waals surface area contributed by atoms with Gasteiger partial charge in [0.2, 0.25) is 11.0 Å². The standard InChI is InChI=1S/C47H51N11O10S2/c48-34(44(62)49-13-19-64-23-25-66-21-15-58-30-51-36-27-32(8-12-38(36)58)43(61)52-47-56-55-46(70-47)41-6-3-18-68-41)10-9-33(59)4-1-16-63-22-24-65-20-14-57-29-50-35-26-31(7-11-37(35)57)39(60)28-42-53-54-45(69-42)40-5-2-17-67-40/h2-3,5-8,11-12,17-18,26-27,29-30,34H,1,4,9-10,13-16,19-25,28,48H2,(H,49,62)(H,52,56,61)/t34-/m0/s1. The molecule has 0 aliphatic rings. The molecule has 0 aliphatic heterocycles. The van der Waals surface area contributed by atoms with E-state index < -0.39 is 6.04 Å². The minimum atomic E-state index is -0.797. The second-order valence-electron chi connectivity index (χ2n) is 15.7. The number of hydrogen-bond donors (Lipinski definition) is 3. The Balaban J connectivity index is 0.599. The Labute approximate surface area is 408 Å². The van der Waals surface area contributed by atoms with Crippen LogP contribution in [0.4, 0.5) is 5.13 Å². The Morgan fingerprint density at radius 3 is 1.93 bits per heavy atom. The summed E-state index contributed by atoms with van der Waals surface area (Å²) >= 11 is 2.54. The number of carbonyl (C=O) groups is 4. The van der Waals surface area contributed by atoms with E-state index in [9.17, 15) is 19.2 Å². The third kappa shape index (κ3) is 13.9. The maximum absolute atomic E-state index is 13.0. The van der Waals surface area contributed by atoms with Crippen LogP contribution in [0.2, 0.25) is 0 Å². The molecule has 0 saturated carbocycles. The SMILES string of the molecule is N[C@@H](CCC(=O)CCCOCCOCCn1cnc2cc(C(=O)Cc3nnc(-c4ccco4)s3)ccc21)C(=O)NCCOCCOCCn1cnc2cc(C(=O)Nc3nnc(-c4ccco4)s3)ccc21. The second kappa shape index (κ2) is 25.1. The lowest BCUT2D eigenvalue weighted by atomic mass is 10.1. The molecule has 0 unspecified atom stereocenters. The molecule has 6 aromatic heterocycles. The van der Waals surface area contributed by atoms with Crippen LogP contribution in [0.5, 0.6) is 0 Å². The predicted molar refractivity (Wildman–Crippen MR) is 258 cm³/mol. The number of rotatable bonds is 30. The maximum Gasteiger partial charge on any atom is 0.257 e. The monoisotopic (exact) mass is 993 g/mol. The van der Waals surface area contributed by atoms with Gasteiger partial charge < -0.3 is 48.0 Å². The summed E-state index contributed by atoms with van der Waals surface area (Å²) in [6.07, 6.45) is 8.04. The highest BCUT2D eigenvalue weighted by Crippen LogP contribution is 2.28. The number of ketones is 2. The van der Waals surface area contributed by atoms with E-state index in [2.05, 4.69) is 41.0 Å². The Kier molecular flexibility index (Phi) is 17.8. The van der Waals surface area contributed by atoms with Crippen LogP contribution in [0.25, 0.3) is 43.6 Å². The summed E-state index contributed by atoms with van der Waals surface area (Å²) in [7, 11) is 0. The van der Waals surface area contributed by atoms with Crippen molar-refractivity contribution in [2.45, 2.75) is 51.2 Å². The first-order valence-corrected chi connectivity index (χ1v) is 24.2. The van der Waals surface area contributed by atoms with Gasteiger partial charge in [-0.15, -0.1) is 20.4 Å². The predicted octanol–water partition coefficient (Wildman–Crippen LogP) is 5.63. The van der Waals surface area contributed by atoms with Crippen molar-refractivity contribution in [3.63, 3.8) is 0 Å². The molecule has 23 heteroatoms. The van der Waals surface area contributed by atoms with Gasteiger partial charge in [-0.2, -0.15) is 0 Å². The molecule has 21 nitrogen and oxygen atoms in total. The van der Waals surface area contributed by atoms with Gasteiger partial charge in [0.1, 0.15) is 10.8 Å². The summed E-state index contributed by atoms with van der Waals surface area (Å²) in [5, 5.41) is 24.0. The fraction of sp³-hybridized carbons (Fsp3) is 0.362. The number of nitrogens with zero attached hydrogens (tertiary/aromatic N) is 8. The van der Waals surface area contributed by atoms with Crippen LogP contribution in [0.1, 0.15) is 51.4 Å². The number of anilines is 1. The van der Waals surface area contributed by atoms with Crippen molar-refractivity contribution in [2.24, 2.45) is 5.73 Å². The molecule has 70 heavy (non-hydrogen) atoms. The van der Waals surface area contributed by atoms with Crippen molar-refractivity contribution in [3.8, 4) is 21.5 Å². The van der Waals surface area contributed by atoms with Gasteiger partial charge in [-0.05, 0) is 73.5 Å². The van der Waals surface area contributed by atoms with E-state index in [1.165, 1.54) is 22.7 Å². The van der Waals surface area contributed by atoms with Gasteiger partial charge >= 0.3 is 0 Å². The van der Waals surface area contributed by atoms with Crippen LogP contribution < -0.4 is 16.4 Å². The minimum Gasteiger partial charge on any atom is -0.462 e. The highest BCUT2D eigenvalue weighted by atomic mass is 32.1. The van der Waals surface area contributed by atoms with Crippen molar-refractivity contribution in [3.05, 3.63) is 102 Å². The van der Waals surface area contributed by atoms with Gasteiger partial charge in [0.25, 0.3) is 5.91 Å². The highest BCUT2D eigenvalue weighted by molar-refractivity contribution is 7.18. The number of Topliss-reactive ketones (excluding diaryl/α,β-unsaturated/α-hetero) is 2. The van der Waals surface area contributed by atoms with E-state index in [1.54, 1.807) is 73.7 Å². The van der Waals surface area contributed by atoms with Crippen molar-refractivity contribution < 1.29 is 47.0 Å². The molecule has 6 heterocycles. The Morgan fingerprint density at radius 2 is 1.27 bits per heavy atom. The lowest BCUT2D eigenvalue weighted by molar-refractivity contribution is -0.123. The Morgan fingerprint density at radius 1 is 0.671 bits per heavy atom. The summed E-state index contributed by atoms with van der Waals surface area (Å²) in [4.78, 5) is 59.6. The largest absolute Gasteiger partial charge is 0.462 e. The third-order valence-electron chi connectivity index (χ3n) is 10.8. The molecular weight excluding hydrogens is 943 g/mol. The number of carbonyl (C=O) groups excluding carboxylic acids is 4. The normalized spacial score (nSPS) is 12.0. The molecule has 8 aromatic rings. The molecule has 366 valence electrons. The lowest BCUT2D eigenvalue weighted by Gasteiger charge is -2.12. The first-order valence-electron chi connectivity index (χ1n) is 22.6. The number of fused-ring (bicyclic) bond motifs is 2. The summed E-state index contributed by atoms with van der Waals surface area (Å²) in [6.45, 7) is 4.48. The Bertz CT molecular complexity index is 2950. The number of benzene rings is 2. The molecule has 0 bridgehead atoms. The van der Waals surface area contributed by atoms with Gasteiger partial charge in [0.15, 0.2) is 27.3 Å². The lowest BCUT2D eigenvalue weighted by Crippen LogP contribution is -2.42. The molecule has 2 amide bonds. The number of aromatic nitrogens is 8. The minimum absolute atomic E-state index is 0.0223. The maximum atomic E-state index is 13.0. The molecule has 0 aliphatic carbocycles. The zero-order valence-corrected chi connectivity index (χ0v) is 39.7. The van der Waals surface area contributed by atoms with E-state index in [0.29, 0.717) is 126 Å². The number of imidazole rings is 2. The first-order chi connectivity index (χ1) is 34.3. The number of nitrogens with two attached hydrogens (primary N) is 1. The average Bonchev–Trinajstić information content (AvgIpc) is 4.24. The molecule has 2 aromatic carbocycles. The molecular formula is C47H51N11O10S2. The van der Waals surface area contributed by atoms with Crippen LogP contribution in [-0.2, 0) is 48.0 Å². The number of hydrogen-bond acceptors (Lipinski definition) is 19. The van der Waals surface area contributed by atoms with E-state index in [1.807, 2.05) is 21.3 Å². The van der Waals surface area contributed by atoms with E-state index >= 15 is 0 Å². The molecule has 1 atom stereocenters. The van der Waals surface area contributed by atoms with E-state index in [-0.39, 0.29) is 55.8 Å². The van der Waals surface area contributed by atoms with Crippen molar-refractivity contribution >= 4 is 73.3 Å². The van der Waals surface area contributed by atoms with E-state index in [0.717, 1.165) is 11.0 Å². The molecule has 8 rings (SSSR count). The van der Waals surface area contributed by atoms with Gasteiger partial charge in [0, 0.05) is 50.2 Å². The number of amides is 2. The van der Waals surface area contributed by atoms with Gasteiger partial charge in [-0.25, -0.2) is 9.97 Å². The van der Waals surface area contributed by atoms with Crippen LogP contribution in [-0.4, -0.2) is 128 Å². The van der Waals surface area contributed by atoms with Crippen LogP contribution in [0, 0.1) is 0 Å². The topological polar surface area (TPSA) is 269 Å². The number of nitrogens with one attached hydrogen (secondary N) is 2. The fourth-order valence-corrected chi connectivity index (χ4v) is 8.61. The summed E-state index contributed by atoms with van der Waals surface area (Å²) in [5.41, 5.74) is 10.2. The van der Waals surface area contributed by atoms with Gasteiger partial charge in [-0.3, -0.25) is 24.5 Å². The number of ether oxygens (including phenoxy) is 4. The van der Waals surface area contributed by atoms with Crippen molar-refractivity contribution in [2.75, 3.05) is 64.7 Å². The molecule has 0 saturated heterocycles. The van der Waals surface area contributed by atoms with Crippen LogP contribution in [0.15, 0.2) is 94.7 Å². The molecule has 0 fully saturated rings. The number of furan rings is 2. The first kappa shape index (κ1) is 49.6. The fourth-order valence-electron chi connectivity index (χ4n) is 7.10. The smallest absolute Gasteiger partial charge is 0.257 e. The summed E-state index contributed by atoms with van der Waals surface area (Å²) in [6, 6.07) is 17.1. The van der Waals surface area contributed by atoms with Crippen molar-refractivity contribution in [1.29, 1.82) is 0 Å². The van der Waals surface area contributed by atoms with E-state index in [4.69, 9.17) is 33.5 Å². The zero-order valence-electron chi connectivity index (χ0n) is 38.0. The molecule has 4 N–H and O–H groups in total. The molecule has 0 radical (unpaired) electrons. The summed E-state index contributed by atoms with van der Waals surface area (Å²) < 4.78 is 37.3. The van der Waals surface area contributed by atoms with Crippen LogP contribution in [0.3, 0.4) is 0 Å². The summed E-state index contributed by atoms with van der Waals surface area (Å²) in [5.74, 6) is 0.496. The molecule has 0 spiro atoms. The highest BCUT2D eigenvalue weighted by Gasteiger charge is 2.18. The zero-order chi connectivity index (χ0) is 48.5.